The summed E-state index contributed by atoms with van der Waals surface area (Å²) in [6, 6.07) is 0. The lowest BCUT2D eigenvalue weighted by Gasteiger charge is -2.58. The molecule has 8 atom stereocenters. The lowest BCUT2D eigenvalue weighted by molar-refractivity contribution is -0.0933. The van der Waals surface area contributed by atoms with Gasteiger partial charge in [0.05, 0.1) is 6.10 Å². The van der Waals surface area contributed by atoms with Crippen LogP contribution in [0.3, 0.4) is 0 Å². The van der Waals surface area contributed by atoms with E-state index in [4.69, 9.17) is 0 Å². The first-order valence-corrected chi connectivity index (χ1v) is 11.3. The van der Waals surface area contributed by atoms with Crippen LogP contribution >= 0.6 is 0 Å². The van der Waals surface area contributed by atoms with E-state index in [1.54, 1.807) is 5.57 Å². The molecule has 1 nitrogen and oxygen atoms in total. The normalized spacial score (nSPS) is 50.4. The predicted molar refractivity (Wildman–Crippen MR) is 105 cm³/mol. The summed E-state index contributed by atoms with van der Waals surface area (Å²) in [5.41, 5.74) is 2.40. The van der Waals surface area contributed by atoms with Gasteiger partial charge in [-0.05, 0) is 73.5 Å². The minimum Gasteiger partial charge on any atom is -0.393 e. The van der Waals surface area contributed by atoms with Gasteiger partial charge in [0.15, 0.2) is 0 Å². The van der Waals surface area contributed by atoms with Crippen LogP contribution < -0.4 is 0 Å². The van der Waals surface area contributed by atoms with Crippen molar-refractivity contribution in [2.24, 2.45) is 40.4 Å². The van der Waals surface area contributed by atoms with Crippen molar-refractivity contribution < 1.29 is 5.11 Å². The minimum absolute atomic E-state index is 0.0936. The summed E-state index contributed by atoms with van der Waals surface area (Å²) in [5.74, 6) is 3.67. The third-order valence-electron chi connectivity index (χ3n) is 9.61. The van der Waals surface area contributed by atoms with Gasteiger partial charge in [-0.1, -0.05) is 65.0 Å². The van der Waals surface area contributed by atoms with Crippen LogP contribution in [-0.4, -0.2) is 11.2 Å². The van der Waals surface area contributed by atoms with E-state index >= 15 is 0 Å². The molecule has 0 saturated heterocycles. The van der Waals surface area contributed by atoms with Crippen LogP contribution in [-0.2, 0) is 0 Å². The maximum absolute atomic E-state index is 11.4. The fourth-order valence-corrected chi connectivity index (χ4v) is 8.13. The molecule has 4 aliphatic rings. The SMILES string of the molecule is CCCC(C)C1CCC2C3=CCC4CCCCC4(C)C3CC(O)C21C. The number of fused-ring (bicyclic) bond motifs is 5. The molecule has 0 spiro atoms. The molecule has 0 aliphatic heterocycles. The van der Waals surface area contributed by atoms with Crippen molar-refractivity contribution in [1.82, 2.24) is 0 Å². The van der Waals surface area contributed by atoms with Crippen LogP contribution in [0.25, 0.3) is 0 Å². The van der Waals surface area contributed by atoms with E-state index in [9.17, 15) is 5.11 Å². The van der Waals surface area contributed by atoms with E-state index in [1.807, 2.05) is 0 Å². The van der Waals surface area contributed by atoms with Crippen LogP contribution in [0.1, 0.15) is 91.9 Å². The monoisotopic (exact) mass is 344 g/mol. The average Bonchev–Trinajstić information content (AvgIpc) is 2.94. The van der Waals surface area contributed by atoms with E-state index in [1.165, 1.54) is 57.8 Å². The van der Waals surface area contributed by atoms with Gasteiger partial charge in [-0.25, -0.2) is 0 Å². The molecule has 25 heavy (non-hydrogen) atoms. The van der Waals surface area contributed by atoms with Crippen LogP contribution in [0.15, 0.2) is 11.6 Å². The molecule has 8 unspecified atom stereocenters. The number of hydrogen-bond donors (Lipinski definition) is 1. The Hall–Kier alpha value is -0.300. The highest BCUT2D eigenvalue weighted by atomic mass is 16.3. The Balaban J connectivity index is 1.67. The Morgan fingerprint density at radius 1 is 1.16 bits per heavy atom. The first-order valence-electron chi connectivity index (χ1n) is 11.3. The fourth-order valence-electron chi connectivity index (χ4n) is 8.13. The third kappa shape index (κ3) is 2.51. The molecule has 0 amide bonds. The zero-order chi connectivity index (χ0) is 17.8. The first kappa shape index (κ1) is 18.1. The molecule has 0 radical (unpaired) electrons. The van der Waals surface area contributed by atoms with E-state index < -0.39 is 0 Å². The Morgan fingerprint density at radius 2 is 1.96 bits per heavy atom. The summed E-state index contributed by atoms with van der Waals surface area (Å²) in [6.45, 7) is 9.80. The summed E-state index contributed by atoms with van der Waals surface area (Å²) in [5, 5.41) is 11.4. The van der Waals surface area contributed by atoms with E-state index in [0.717, 1.165) is 18.3 Å². The molecular formula is C24H40O. The summed E-state index contributed by atoms with van der Waals surface area (Å²) >= 11 is 0. The second kappa shape index (κ2) is 6.39. The van der Waals surface area contributed by atoms with Gasteiger partial charge in [0.2, 0.25) is 0 Å². The molecular weight excluding hydrogens is 304 g/mol. The minimum atomic E-state index is -0.0936. The summed E-state index contributed by atoms with van der Waals surface area (Å²) < 4.78 is 0. The van der Waals surface area contributed by atoms with Crippen LogP contribution in [0.5, 0.6) is 0 Å². The van der Waals surface area contributed by atoms with Gasteiger partial charge in [-0.15, -0.1) is 0 Å². The Labute approximate surface area is 155 Å². The molecule has 4 rings (SSSR count). The van der Waals surface area contributed by atoms with E-state index in [2.05, 4.69) is 33.8 Å². The molecule has 0 bridgehead atoms. The van der Waals surface area contributed by atoms with Crippen molar-refractivity contribution in [3.05, 3.63) is 11.6 Å². The molecule has 1 N–H and O–H groups in total. The molecule has 142 valence electrons. The molecule has 0 heterocycles. The molecule has 1 heteroatoms. The molecule has 3 fully saturated rings. The Bertz CT molecular complexity index is 536. The largest absolute Gasteiger partial charge is 0.393 e. The summed E-state index contributed by atoms with van der Waals surface area (Å²) in [4.78, 5) is 0. The van der Waals surface area contributed by atoms with Crippen molar-refractivity contribution in [2.45, 2.75) is 98.0 Å². The lowest BCUT2D eigenvalue weighted by atomic mass is 9.47. The topological polar surface area (TPSA) is 20.2 Å². The highest BCUT2D eigenvalue weighted by Crippen LogP contribution is 2.66. The zero-order valence-corrected chi connectivity index (χ0v) is 17.1. The lowest BCUT2D eigenvalue weighted by Crippen LogP contribution is -2.54. The van der Waals surface area contributed by atoms with Gasteiger partial charge in [0, 0.05) is 5.41 Å². The number of rotatable bonds is 3. The maximum atomic E-state index is 11.4. The quantitative estimate of drug-likeness (QED) is 0.590. The van der Waals surface area contributed by atoms with Crippen molar-refractivity contribution >= 4 is 0 Å². The van der Waals surface area contributed by atoms with Crippen LogP contribution in [0.4, 0.5) is 0 Å². The van der Waals surface area contributed by atoms with E-state index in [0.29, 0.717) is 23.2 Å². The van der Waals surface area contributed by atoms with Crippen LogP contribution in [0.2, 0.25) is 0 Å². The maximum Gasteiger partial charge on any atom is 0.0608 e. The molecule has 4 aliphatic carbocycles. The number of allylic oxidation sites excluding steroid dienone is 2. The standard InChI is InChI=1S/C24H40O/c1-5-8-16(2)19-12-13-20-18-11-10-17-9-6-7-14-23(17,3)21(18)15-22(25)24(19,20)4/h11,16-17,19-22,25H,5-10,12-15H2,1-4H3. The first-order chi connectivity index (χ1) is 11.9. The fraction of sp³-hybridized carbons (Fsp3) is 0.917. The van der Waals surface area contributed by atoms with Gasteiger partial charge >= 0.3 is 0 Å². The number of aliphatic hydroxyl groups excluding tert-OH is 1. The number of hydrogen-bond acceptors (Lipinski definition) is 1. The summed E-state index contributed by atoms with van der Waals surface area (Å²) in [7, 11) is 0. The smallest absolute Gasteiger partial charge is 0.0608 e. The third-order valence-corrected chi connectivity index (χ3v) is 9.61. The second-order valence-corrected chi connectivity index (χ2v) is 10.6. The van der Waals surface area contributed by atoms with Gasteiger partial charge in [0.1, 0.15) is 0 Å². The van der Waals surface area contributed by atoms with Gasteiger partial charge in [-0.2, -0.15) is 0 Å². The van der Waals surface area contributed by atoms with E-state index in [-0.39, 0.29) is 11.5 Å². The Morgan fingerprint density at radius 3 is 2.72 bits per heavy atom. The highest BCUT2D eigenvalue weighted by Gasteiger charge is 2.61. The highest BCUT2D eigenvalue weighted by molar-refractivity contribution is 5.29. The summed E-state index contributed by atoms with van der Waals surface area (Å²) in [6.07, 6.45) is 15.9. The molecule has 0 aromatic carbocycles. The Kier molecular flexibility index (Phi) is 4.63. The van der Waals surface area contributed by atoms with Crippen molar-refractivity contribution in [3.8, 4) is 0 Å². The van der Waals surface area contributed by atoms with Gasteiger partial charge in [-0.3, -0.25) is 0 Å². The average molecular weight is 345 g/mol. The van der Waals surface area contributed by atoms with Crippen molar-refractivity contribution in [1.29, 1.82) is 0 Å². The van der Waals surface area contributed by atoms with Crippen molar-refractivity contribution in [2.75, 3.05) is 0 Å². The zero-order valence-electron chi connectivity index (χ0n) is 17.1. The van der Waals surface area contributed by atoms with Crippen LogP contribution in [0, 0.1) is 40.4 Å². The number of aliphatic hydroxyl groups is 1. The second-order valence-electron chi connectivity index (χ2n) is 10.6. The van der Waals surface area contributed by atoms with Crippen molar-refractivity contribution in [3.63, 3.8) is 0 Å². The molecule has 0 aromatic heterocycles. The van der Waals surface area contributed by atoms with Gasteiger partial charge < -0.3 is 5.11 Å². The molecule has 0 aromatic rings. The van der Waals surface area contributed by atoms with Gasteiger partial charge in [0.25, 0.3) is 0 Å². The molecule has 3 saturated carbocycles. The predicted octanol–water partition coefficient (Wildman–Crippen LogP) is 6.36.